The minimum Gasteiger partial charge on any atom is -0.388 e. The van der Waals surface area contributed by atoms with Crippen LogP contribution in [0.15, 0.2) is 4.21 Å². The topological polar surface area (TPSA) is 54.4 Å². The van der Waals surface area contributed by atoms with Gasteiger partial charge in [0, 0.05) is 11.8 Å². The van der Waals surface area contributed by atoms with Crippen LogP contribution < -0.4 is 0 Å². The molecule has 1 N–H and O–H groups in total. The summed E-state index contributed by atoms with van der Waals surface area (Å²) in [6.07, 6.45) is 1.71. The third-order valence-electron chi connectivity index (χ3n) is 2.30. The molecule has 0 fully saturated rings. The summed E-state index contributed by atoms with van der Waals surface area (Å²) in [4.78, 5) is 0. The fraction of sp³-hybridized carbons (Fsp3) is 0.500. The lowest BCUT2D eigenvalue weighted by Crippen LogP contribution is -2.00. The fourth-order valence-corrected chi connectivity index (χ4v) is 4.64. The number of hydrogen-bond donors (Lipinski definition) is 1. The van der Waals surface area contributed by atoms with Crippen LogP contribution >= 0.6 is 22.9 Å². The average molecular weight is 253 g/mol. The molecular formula is C8H9ClO3S2. The second-order valence-corrected chi connectivity index (χ2v) is 7.22. The summed E-state index contributed by atoms with van der Waals surface area (Å²) in [5.41, 5.74) is 1.34. The van der Waals surface area contributed by atoms with E-state index in [4.69, 9.17) is 11.6 Å². The highest BCUT2D eigenvalue weighted by atomic mass is 35.5. The Morgan fingerprint density at radius 3 is 2.79 bits per heavy atom. The van der Waals surface area contributed by atoms with Crippen molar-refractivity contribution in [1.82, 2.24) is 0 Å². The van der Waals surface area contributed by atoms with Crippen molar-refractivity contribution in [3.63, 3.8) is 0 Å². The van der Waals surface area contributed by atoms with E-state index in [1.807, 2.05) is 0 Å². The maximum absolute atomic E-state index is 11.4. The third-order valence-corrected chi connectivity index (χ3v) is 5.64. The predicted molar refractivity (Wildman–Crippen MR) is 55.7 cm³/mol. The zero-order valence-corrected chi connectivity index (χ0v) is 9.84. The van der Waals surface area contributed by atoms with Crippen molar-refractivity contribution in [2.45, 2.75) is 23.2 Å². The van der Waals surface area contributed by atoms with E-state index < -0.39 is 15.9 Å². The Kier molecular flexibility index (Phi) is 2.38. The lowest BCUT2D eigenvalue weighted by Gasteiger charge is -2.03. The molecule has 1 aromatic rings. The summed E-state index contributed by atoms with van der Waals surface area (Å²) in [6, 6.07) is 0. The Hall–Kier alpha value is -0.100. The lowest BCUT2D eigenvalue weighted by molar-refractivity contribution is 0.178. The van der Waals surface area contributed by atoms with E-state index in [0.717, 1.165) is 23.2 Å². The molecule has 1 heterocycles. The molecular weight excluding hydrogens is 244 g/mol. The second-order valence-electron chi connectivity index (χ2n) is 3.38. The van der Waals surface area contributed by atoms with Crippen molar-refractivity contribution in [3.8, 4) is 0 Å². The van der Waals surface area contributed by atoms with E-state index in [2.05, 4.69) is 0 Å². The van der Waals surface area contributed by atoms with Crippen molar-refractivity contribution in [3.05, 3.63) is 15.5 Å². The molecule has 1 aliphatic rings. The number of rotatable bonds is 1. The van der Waals surface area contributed by atoms with Crippen molar-refractivity contribution in [1.29, 1.82) is 0 Å². The van der Waals surface area contributed by atoms with Crippen LogP contribution in [-0.2, 0) is 16.3 Å². The van der Waals surface area contributed by atoms with Gasteiger partial charge in [0.1, 0.15) is 4.21 Å². The molecule has 0 aromatic carbocycles. The minimum absolute atomic E-state index is 0.225. The Morgan fingerprint density at radius 1 is 1.57 bits per heavy atom. The van der Waals surface area contributed by atoms with Crippen LogP contribution in [0.25, 0.3) is 0 Å². The van der Waals surface area contributed by atoms with Gasteiger partial charge in [-0.2, -0.15) is 0 Å². The first-order chi connectivity index (χ1) is 6.41. The Labute approximate surface area is 91.2 Å². The molecule has 78 valence electrons. The summed E-state index contributed by atoms with van der Waals surface area (Å²) in [5.74, 6) is 0. The molecule has 0 saturated carbocycles. The first-order valence-corrected chi connectivity index (χ1v) is 7.19. The van der Waals surface area contributed by atoms with E-state index in [1.165, 1.54) is 0 Å². The highest BCUT2D eigenvalue weighted by molar-refractivity contribution is 7.92. The number of hydrogen-bond acceptors (Lipinski definition) is 4. The maximum atomic E-state index is 11.4. The van der Waals surface area contributed by atoms with Gasteiger partial charge in [-0.3, -0.25) is 0 Å². The molecule has 0 saturated heterocycles. The first-order valence-electron chi connectivity index (χ1n) is 4.10. The van der Waals surface area contributed by atoms with Gasteiger partial charge in [-0.25, -0.2) is 8.42 Å². The standard InChI is InChI=1S/C8H9ClO3S2/c1-14(11,12)8-6-4(7(9)13-8)2-3-5(6)10/h5,10H,2-3H2,1H3. The van der Waals surface area contributed by atoms with Gasteiger partial charge in [-0.15, -0.1) is 11.3 Å². The first kappa shape index (κ1) is 10.4. The van der Waals surface area contributed by atoms with Crippen molar-refractivity contribution in [2.75, 3.05) is 6.26 Å². The Morgan fingerprint density at radius 2 is 2.21 bits per heavy atom. The SMILES string of the molecule is CS(=O)(=O)c1sc(Cl)c2c1C(O)CC2. The number of fused-ring (bicyclic) bond motifs is 1. The Balaban J connectivity index is 2.71. The summed E-state index contributed by atoms with van der Waals surface area (Å²) >= 11 is 6.95. The van der Waals surface area contributed by atoms with Crippen LogP contribution in [0.2, 0.25) is 4.34 Å². The van der Waals surface area contributed by atoms with Crippen LogP contribution in [-0.4, -0.2) is 19.8 Å². The van der Waals surface area contributed by atoms with Crippen molar-refractivity contribution in [2.24, 2.45) is 0 Å². The molecule has 0 spiro atoms. The smallest absolute Gasteiger partial charge is 0.185 e. The molecule has 1 aromatic heterocycles. The lowest BCUT2D eigenvalue weighted by atomic mass is 10.2. The van der Waals surface area contributed by atoms with Crippen LogP contribution in [0.5, 0.6) is 0 Å². The number of halogens is 1. The highest BCUT2D eigenvalue weighted by Gasteiger charge is 2.32. The molecule has 3 nitrogen and oxygen atoms in total. The van der Waals surface area contributed by atoms with E-state index in [1.54, 1.807) is 0 Å². The number of aliphatic hydroxyl groups excluding tert-OH is 1. The van der Waals surface area contributed by atoms with Crippen LogP contribution in [0, 0.1) is 0 Å². The molecule has 0 aliphatic heterocycles. The zero-order chi connectivity index (χ0) is 10.5. The number of sulfone groups is 1. The van der Waals surface area contributed by atoms with E-state index >= 15 is 0 Å². The van der Waals surface area contributed by atoms with Crippen LogP contribution in [0.3, 0.4) is 0 Å². The van der Waals surface area contributed by atoms with Crippen molar-refractivity contribution < 1.29 is 13.5 Å². The summed E-state index contributed by atoms with van der Waals surface area (Å²) in [7, 11) is -3.27. The van der Waals surface area contributed by atoms with Gasteiger partial charge < -0.3 is 5.11 Å². The fourth-order valence-electron chi connectivity index (χ4n) is 1.70. The molecule has 14 heavy (non-hydrogen) atoms. The quantitative estimate of drug-likeness (QED) is 0.829. The molecule has 0 amide bonds. The zero-order valence-electron chi connectivity index (χ0n) is 7.45. The molecule has 0 radical (unpaired) electrons. The molecule has 1 aliphatic carbocycles. The second kappa shape index (κ2) is 3.20. The van der Waals surface area contributed by atoms with E-state index in [-0.39, 0.29) is 4.21 Å². The van der Waals surface area contributed by atoms with Crippen LogP contribution in [0.4, 0.5) is 0 Å². The molecule has 0 bridgehead atoms. The highest BCUT2D eigenvalue weighted by Crippen LogP contribution is 2.45. The van der Waals surface area contributed by atoms with Gasteiger partial charge in [-0.05, 0) is 18.4 Å². The maximum Gasteiger partial charge on any atom is 0.185 e. The Bertz CT molecular complexity index is 475. The largest absolute Gasteiger partial charge is 0.388 e. The van der Waals surface area contributed by atoms with Gasteiger partial charge >= 0.3 is 0 Å². The van der Waals surface area contributed by atoms with E-state index in [9.17, 15) is 13.5 Å². The third kappa shape index (κ3) is 1.48. The normalized spacial score (nSPS) is 21.2. The molecule has 2 rings (SSSR count). The number of thiophene rings is 1. The molecule has 1 atom stereocenters. The predicted octanol–water partition coefficient (Wildman–Crippen LogP) is 1.78. The van der Waals surface area contributed by atoms with Gasteiger partial charge in [0.25, 0.3) is 0 Å². The van der Waals surface area contributed by atoms with Gasteiger partial charge in [-0.1, -0.05) is 11.6 Å². The summed E-state index contributed by atoms with van der Waals surface area (Å²) in [5, 5.41) is 9.62. The monoisotopic (exact) mass is 252 g/mol. The van der Waals surface area contributed by atoms with Gasteiger partial charge in [0.05, 0.1) is 10.4 Å². The van der Waals surface area contributed by atoms with Gasteiger partial charge in [0.2, 0.25) is 0 Å². The van der Waals surface area contributed by atoms with Crippen LogP contribution in [0.1, 0.15) is 23.7 Å². The minimum atomic E-state index is -3.27. The molecule has 1 unspecified atom stereocenters. The van der Waals surface area contributed by atoms with Gasteiger partial charge in [0.15, 0.2) is 9.84 Å². The van der Waals surface area contributed by atoms with Crippen molar-refractivity contribution >= 4 is 32.8 Å². The average Bonchev–Trinajstić information content (AvgIpc) is 2.54. The number of aliphatic hydroxyl groups is 1. The molecule has 6 heteroatoms. The summed E-state index contributed by atoms with van der Waals surface area (Å²) < 4.78 is 23.5. The van der Waals surface area contributed by atoms with E-state index in [0.29, 0.717) is 22.7 Å². The summed E-state index contributed by atoms with van der Waals surface area (Å²) in [6.45, 7) is 0.